The van der Waals surface area contributed by atoms with Gasteiger partial charge in [-0.2, -0.15) is 0 Å². The molecule has 3 rings (SSSR count). The standard InChI is InChI=1S/C12H6Br2O2S/c13-7-2-4-11-10(5-7)9-3-1-8(14)6-12(9)17(11,15)16/h1-6H. The van der Waals surface area contributed by atoms with Gasteiger partial charge in [-0.1, -0.05) is 37.9 Å². The summed E-state index contributed by atoms with van der Waals surface area (Å²) < 4.78 is 26.3. The smallest absolute Gasteiger partial charge is 0.207 e. The van der Waals surface area contributed by atoms with Crippen molar-refractivity contribution < 1.29 is 8.42 Å². The molecule has 0 saturated carbocycles. The van der Waals surface area contributed by atoms with E-state index in [0.29, 0.717) is 9.79 Å². The number of halogens is 2. The van der Waals surface area contributed by atoms with Crippen LogP contribution in [0.2, 0.25) is 0 Å². The van der Waals surface area contributed by atoms with Crippen LogP contribution in [-0.2, 0) is 9.84 Å². The van der Waals surface area contributed by atoms with E-state index in [4.69, 9.17) is 0 Å². The minimum Gasteiger partial charge on any atom is -0.218 e. The highest BCUT2D eigenvalue weighted by atomic mass is 79.9. The number of hydrogen-bond donors (Lipinski definition) is 0. The second-order valence-electron chi connectivity index (χ2n) is 3.78. The third kappa shape index (κ3) is 1.60. The van der Waals surface area contributed by atoms with E-state index in [1.54, 1.807) is 18.2 Å². The summed E-state index contributed by atoms with van der Waals surface area (Å²) in [6.07, 6.45) is 0. The van der Waals surface area contributed by atoms with E-state index in [1.165, 1.54) is 0 Å². The fourth-order valence-electron chi connectivity index (χ4n) is 2.01. The Labute approximate surface area is 116 Å². The van der Waals surface area contributed by atoms with E-state index in [1.807, 2.05) is 18.2 Å². The molecule has 0 aromatic heterocycles. The number of hydrogen-bond acceptors (Lipinski definition) is 2. The van der Waals surface area contributed by atoms with Gasteiger partial charge in [-0.25, -0.2) is 8.42 Å². The lowest BCUT2D eigenvalue weighted by molar-refractivity contribution is 0.598. The minimum absolute atomic E-state index is 0.375. The molecule has 1 aliphatic heterocycles. The van der Waals surface area contributed by atoms with Crippen molar-refractivity contribution in [1.29, 1.82) is 0 Å². The third-order valence-electron chi connectivity index (χ3n) is 2.75. The van der Waals surface area contributed by atoms with Gasteiger partial charge < -0.3 is 0 Å². The quantitative estimate of drug-likeness (QED) is 0.596. The Bertz CT molecular complexity index is 736. The second kappa shape index (κ2) is 3.67. The van der Waals surface area contributed by atoms with Crippen molar-refractivity contribution in [2.24, 2.45) is 0 Å². The molecule has 86 valence electrons. The lowest BCUT2D eigenvalue weighted by atomic mass is 10.1. The molecule has 0 amide bonds. The molecule has 0 atom stereocenters. The first kappa shape index (κ1) is 11.4. The first-order valence-corrected chi connectivity index (χ1v) is 7.91. The van der Waals surface area contributed by atoms with Crippen LogP contribution in [0.4, 0.5) is 0 Å². The molecule has 1 heterocycles. The van der Waals surface area contributed by atoms with Crippen LogP contribution in [-0.4, -0.2) is 8.42 Å². The van der Waals surface area contributed by atoms with Gasteiger partial charge in [-0.15, -0.1) is 0 Å². The van der Waals surface area contributed by atoms with Crippen LogP contribution < -0.4 is 0 Å². The van der Waals surface area contributed by atoms with Crippen LogP contribution in [0.25, 0.3) is 11.1 Å². The van der Waals surface area contributed by atoms with Gasteiger partial charge in [-0.05, 0) is 30.3 Å². The zero-order chi connectivity index (χ0) is 12.2. The summed E-state index contributed by atoms with van der Waals surface area (Å²) in [5, 5.41) is 0. The molecular formula is C12H6Br2O2S. The van der Waals surface area contributed by atoms with E-state index in [-0.39, 0.29) is 0 Å². The Kier molecular flexibility index (Phi) is 2.47. The first-order chi connectivity index (χ1) is 8.00. The molecule has 17 heavy (non-hydrogen) atoms. The van der Waals surface area contributed by atoms with Gasteiger partial charge in [0.2, 0.25) is 9.84 Å². The maximum Gasteiger partial charge on any atom is 0.207 e. The molecule has 2 aromatic rings. The molecule has 5 heteroatoms. The predicted octanol–water partition coefficient (Wildman–Crippen LogP) is 4.02. The second-order valence-corrected chi connectivity index (χ2v) is 7.50. The summed E-state index contributed by atoms with van der Waals surface area (Å²) in [5.41, 5.74) is 1.53. The van der Waals surface area contributed by atoms with Gasteiger partial charge in [0.25, 0.3) is 0 Å². The Morgan fingerprint density at radius 1 is 0.765 bits per heavy atom. The third-order valence-corrected chi connectivity index (χ3v) is 5.59. The molecule has 2 aromatic carbocycles. The minimum atomic E-state index is -3.36. The molecule has 0 N–H and O–H groups in total. The van der Waals surface area contributed by atoms with Crippen LogP contribution in [0.1, 0.15) is 0 Å². The predicted molar refractivity (Wildman–Crippen MR) is 72.7 cm³/mol. The lowest BCUT2D eigenvalue weighted by Gasteiger charge is -1.99. The molecule has 0 radical (unpaired) electrons. The van der Waals surface area contributed by atoms with Crippen molar-refractivity contribution in [1.82, 2.24) is 0 Å². The molecular weight excluding hydrogens is 368 g/mol. The molecule has 0 fully saturated rings. The van der Waals surface area contributed by atoms with Crippen molar-refractivity contribution in [3.05, 3.63) is 45.3 Å². The Morgan fingerprint density at radius 2 is 1.41 bits per heavy atom. The van der Waals surface area contributed by atoms with Gasteiger partial charge >= 0.3 is 0 Å². The lowest BCUT2D eigenvalue weighted by Crippen LogP contribution is -1.96. The van der Waals surface area contributed by atoms with E-state index < -0.39 is 9.84 Å². The van der Waals surface area contributed by atoms with Crippen LogP contribution in [0.15, 0.2) is 55.1 Å². The van der Waals surface area contributed by atoms with Gasteiger partial charge in [-0.3, -0.25) is 0 Å². The van der Waals surface area contributed by atoms with Crippen LogP contribution in [0, 0.1) is 0 Å². The SMILES string of the molecule is O=S1(=O)c2ccc(Br)cc2-c2ccc(Br)cc21. The molecule has 1 aliphatic rings. The van der Waals surface area contributed by atoms with Gasteiger partial charge in [0.15, 0.2) is 0 Å². The summed E-state index contributed by atoms with van der Waals surface area (Å²) in [7, 11) is -3.36. The summed E-state index contributed by atoms with van der Waals surface area (Å²) in [6, 6.07) is 10.6. The van der Waals surface area contributed by atoms with Crippen molar-refractivity contribution in [3.8, 4) is 11.1 Å². The van der Waals surface area contributed by atoms with Gasteiger partial charge in [0, 0.05) is 20.1 Å². The average molecular weight is 374 g/mol. The summed E-state index contributed by atoms with van der Waals surface area (Å²) in [4.78, 5) is 0.758. The summed E-state index contributed by atoms with van der Waals surface area (Å²) in [6.45, 7) is 0. The fourth-order valence-corrected chi connectivity index (χ4v) is 4.57. The van der Waals surface area contributed by atoms with E-state index in [2.05, 4.69) is 31.9 Å². The maximum atomic E-state index is 12.3. The molecule has 0 bridgehead atoms. The van der Waals surface area contributed by atoms with E-state index >= 15 is 0 Å². The van der Waals surface area contributed by atoms with Crippen molar-refractivity contribution in [2.75, 3.05) is 0 Å². The highest BCUT2D eigenvalue weighted by Crippen LogP contribution is 2.44. The zero-order valence-electron chi connectivity index (χ0n) is 8.44. The Morgan fingerprint density at radius 3 is 2.18 bits per heavy atom. The molecule has 2 nitrogen and oxygen atoms in total. The summed E-state index contributed by atoms with van der Waals surface area (Å²) >= 11 is 6.67. The number of fused-ring (bicyclic) bond motifs is 3. The van der Waals surface area contributed by atoms with Crippen LogP contribution in [0.3, 0.4) is 0 Å². The number of sulfone groups is 1. The average Bonchev–Trinajstić information content (AvgIpc) is 2.48. The molecule has 0 saturated heterocycles. The molecule has 0 aliphatic carbocycles. The normalized spacial score (nSPS) is 15.4. The fraction of sp³-hybridized carbons (Fsp3) is 0. The van der Waals surface area contributed by atoms with Crippen molar-refractivity contribution in [2.45, 2.75) is 9.79 Å². The molecule has 0 unspecified atom stereocenters. The largest absolute Gasteiger partial charge is 0.218 e. The van der Waals surface area contributed by atoms with E-state index in [9.17, 15) is 8.42 Å². The van der Waals surface area contributed by atoms with Crippen LogP contribution in [0.5, 0.6) is 0 Å². The monoisotopic (exact) mass is 372 g/mol. The van der Waals surface area contributed by atoms with E-state index in [0.717, 1.165) is 20.1 Å². The summed E-state index contributed by atoms with van der Waals surface area (Å²) in [5.74, 6) is 0. The highest BCUT2D eigenvalue weighted by Gasteiger charge is 2.32. The van der Waals surface area contributed by atoms with Gasteiger partial charge in [0.1, 0.15) is 0 Å². The van der Waals surface area contributed by atoms with Crippen LogP contribution >= 0.6 is 31.9 Å². The topological polar surface area (TPSA) is 34.1 Å². The van der Waals surface area contributed by atoms with Crippen molar-refractivity contribution in [3.63, 3.8) is 0 Å². The Hall–Kier alpha value is -0.650. The number of rotatable bonds is 0. The first-order valence-electron chi connectivity index (χ1n) is 4.85. The zero-order valence-corrected chi connectivity index (χ0v) is 12.4. The van der Waals surface area contributed by atoms with Gasteiger partial charge in [0.05, 0.1) is 9.79 Å². The number of benzene rings is 2. The van der Waals surface area contributed by atoms with Crippen molar-refractivity contribution >= 4 is 41.7 Å². The maximum absolute atomic E-state index is 12.3. The Balaban J connectivity index is 2.47. The highest BCUT2D eigenvalue weighted by molar-refractivity contribution is 9.10. The molecule has 0 spiro atoms.